The molecule has 7 heteroatoms. The van der Waals surface area contributed by atoms with Gasteiger partial charge in [0.2, 0.25) is 0 Å². The zero-order valence-corrected chi connectivity index (χ0v) is 16.6. The molecule has 0 aliphatic carbocycles. The van der Waals surface area contributed by atoms with Crippen LogP contribution < -0.4 is 9.47 Å². The summed E-state index contributed by atoms with van der Waals surface area (Å²) >= 11 is 0. The van der Waals surface area contributed by atoms with E-state index in [1.54, 1.807) is 0 Å². The molecule has 3 aromatic rings. The molecule has 1 aliphatic rings. The van der Waals surface area contributed by atoms with Gasteiger partial charge in [-0.05, 0) is 50.2 Å². The number of amides is 1. The van der Waals surface area contributed by atoms with Gasteiger partial charge in [-0.3, -0.25) is 4.79 Å². The first-order valence-electron chi connectivity index (χ1n) is 9.73. The van der Waals surface area contributed by atoms with Crippen molar-refractivity contribution in [1.82, 2.24) is 19.9 Å². The minimum Gasteiger partial charge on any atom is -0.491 e. The Morgan fingerprint density at radius 3 is 2.48 bits per heavy atom. The van der Waals surface area contributed by atoms with E-state index in [1.165, 1.54) is 0 Å². The molecule has 0 bridgehead atoms. The van der Waals surface area contributed by atoms with Crippen molar-refractivity contribution in [2.24, 2.45) is 0 Å². The molecular formula is C22H24N4O3. The van der Waals surface area contributed by atoms with Crippen LogP contribution in [0.25, 0.3) is 0 Å². The summed E-state index contributed by atoms with van der Waals surface area (Å²) in [4.78, 5) is 14.4. The molecule has 1 fully saturated rings. The van der Waals surface area contributed by atoms with Crippen LogP contribution in [0, 0.1) is 0 Å². The molecule has 4 rings (SSSR count). The molecule has 7 nitrogen and oxygen atoms in total. The van der Waals surface area contributed by atoms with Crippen molar-refractivity contribution in [2.75, 3.05) is 13.1 Å². The Bertz CT molecular complexity index is 948. The van der Waals surface area contributed by atoms with Gasteiger partial charge < -0.3 is 14.4 Å². The van der Waals surface area contributed by atoms with Crippen molar-refractivity contribution in [3.8, 4) is 11.5 Å². The molecule has 1 aromatic heterocycles. The van der Waals surface area contributed by atoms with E-state index < -0.39 is 0 Å². The van der Waals surface area contributed by atoms with E-state index in [4.69, 9.17) is 9.47 Å². The second-order valence-corrected chi connectivity index (χ2v) is 7.35. The van der Waals surface area contributed by atoms with Gasteiger partial charge in [-0.1, -0.05) is 23.4 Å². The maximum atomic E-state index is 12.6. The van der Waals surface area contributed by atoms with E-state index in [9.17, 15) is 4.79 Å². The summed E-state index contributed by atoms with van der Waals surface area (Å²) in [6.45, 7) is 5.55. The van der Waals surface area contributed by atoms with Crippen LogP contribution in [-0.4, -0.2) is 45.0 Å². The smallest absolute Gasteiger partial charge is 0.254 e. The second kappa shape index (κ2) is 8.34. The quantitative estimate of drug-likeness (QED) is 0.617. The van der Waals surface area contributed by atoms with E-state index in [1.807, 2.05) is 84.2 Å². The van der Waals surface area contributed by atoms with Crippen molar-refractivity contribution in [2.45, 2.75) is 32.6 Å². The van der Waals surface area contributed by atoms with E-state index >= 15 is 0 Å². The summed E-state index contributed by atoms with van der Waals surface area (Å²) in [5.74, 6) is 1.59. The molecule has 29 heavy (non-hydrogen) atoms. The van der Waals surface area contributed by atoms with Crippen molar-refractivity contribution >= 4 is 5.91 Å². The zero-order chi connectivity index (χ0) is 20.2. The third kappa shape index (κ3) is 4.56. The Balaban J connectivity index is 1.28. The average molecular weight is 392 g/mol. The highest BCUT2D eigenvalue weighted by Crippen LogP contribution is 2.24. The van der Waals surface area contributed by atoms with Crippen LogP contribution in [0.1, 0.15) is 35.9 Å². The van der Waals surface area contributed by atoms with Crippen LogP contribution in [0.15, 0.2) is 60.8 Å². The number of benzene rings is 2. The molecule has 150 valence electrons. The highest BCUT2D eigenvalue weighted by Gasteiger charge is 2.33. The minimum atomic E-state index is 0.0186. The van der Waals surface area contributed by atoms with Gasteiger partial charge in [0, 0.05) is 18.7 Å². The molecule has 1 saturated heterocycles. The van der Waals surface area contributed by atoms with Gasteiger partial charge in [0.05, 0.1) is 18.3 Å². The number of rotatable bonds is 7. The highest BCUT2D eigenvalue weighted by molar-refractivity contribution is 5.94. The number of nitrogens with zero attached hydrogens (tertiary/aromatic N) is 4. The van der Waals surface area contributed by atoms with E-state index in [0.717, 1.165) is 17.2 Å². The summed E-state index contributed by atoms with van der Waals surface area (Å²) in [6, 6.07) is 17.0. The van der Waals surface area contributed by atoms with Gasteiger partial charge in [-0.25, -0.2) is 4.68 Å². The Morgan fingerprint density at radius 2 is 1.79 bits per heavy atom. The first kappa shape index (κ1) is 19.0. The molecule has 0 saturated carbocycles. The fourth-order valence-corrected chi connectivity index (χ4v) is 3.15. The summed E-state index contributed by atoms with van der Waals surface area (Å²) in [5.41, 5.74) is 1.43. The van der Waals surface area contributed by atoms with Crippen LogP contribution in [-0.2, 0) is 6.61 Å². The first-order chi connectivity index (χ1) is 14.1. The Kier molecular flexibility index (Phi) is 5.46. The number of likely N-dealkylation sites (tertiary alicyclic amines) is 1. The number of hydrogen-bond acceptors (Lipinski definition) is 5. The Labute approximate surface area is 169 Å². The molecule has 0 unspecified atom stereocenters. The SMILES string of the molecule is CC(C)Oc1ccc(C(=O)N2CC(n3cc(COc4ccccc4)nn3)C2)cc1. The Hall–Kier alpha value is -3.35. The predicted molar refractivity (Wildman–Crippen MR) is 108 cm³/mol. The topological polar surface area (TPSA) is 69.5 Å². The molecular weight excluding hydrogens is 368 g/mol. The van der Waals surface area contributed by atoms with Gasteiger partial charge in [0.15, 0.2) is 0 Å². The molecule has 0 radical (unpaired) electrons. The van der Waals surface area contributed by atoms with Crippen LogP contribution in [0.4, 0.5) is 0 Å². The number of ether oxygens (including phenoxy) is 2. The van der Waals surface area contributed by atoms with Crippen LogP contribution in [0.2, 0.25) is 0 Å². The van der Waals surface area contributed by atoms with Crippen LogP contribution >= 0.6 is 0 Å². The summed E-state index contributed by atoms with van der Waals surface area (Å²) < 4.78 is 13.1. The van der Waals surface area contributed by atoms with E-state index in [2.05, 4.69) is 10.3 Å². The number of hydrogen-bond donors (Lipinski definition) is 0. The normalized spacial score (nSPS) is 14.0. The average Bonchev–Trinajstić information content (AvgIpc) is 3.14. The van der Waals surface area contributed by atoms with E-state index in [-0.39, 0.29) is 18.1 Å². The fraction of sp³-hybridized carbons (Fsp3) is 0.318. The Morgan fingerprint density at radius 1 is 1.07 bits per heavy atom. The van der Waals surface area contributed by atoms with Crippen LogP contribution in [0.3, 0.4) is 0 Å². The van der Waals surface area contributed by atoms with Gasteiger partial charge in [0.25, 0.3) is 5.91 Å². The van der Waals surface area contributed by atoms with Crippen LogP contribution in [0.5, 0.6) is 11.5 Å². The number of aromatic nitrogens is 3. The summed E-state index contributed by atoms with van der Waals surface area (Å²) in [5, 5.41) is 8.35. The van der Waals surface area contributed by atoms with E-state index in [0.29, 0.717) is 25.3 Å². The zero-order valence-electron chi connectivity index (χ0n) is 16.6. The lowest BCUT2D eigenvalue weighted by atomic mass is 10.1. The fourth-order valence-electron chi connectivity index (χ4n) is 3.15. The number of para-hydroxylation sites is 1. The number of carbonyl (C=O) groups is 1. The summed E-state index contributed by atoms with van der Waals surface area (Å²) in [7, 11) is 0. The van der Waals surface area contributed by atoms with Crippen molar-refractivity contribution in [3.05, 3.63) is 72.1 Å². The lowest BCUT2D eigenvalue weighted by Gasteiger charge is -2.38. The van der Waals surface area contributed by atoms with Crippen molar-refractivity contribution in [1.29, 1.82) is 0 Å². The van der Waals surface area contributed by atoms with Gasteiger partial charge in [-0.15, -0.1) is 5.10 Å². The third-order valence-corrected chi connectivity index (χ3v) is 4.68. The molecule has 0 N–H and O–H groups in total. The first-order valence-corrected chi connectivity index (χ1v) is 9.73. The van der Waals surface area contributed by atoms with Gasteiger partial charge in [0.1, 0.15) is 23.8 Å². The maximum Gasteiger partial charge on any atom is 0.254 e. The number of carbonyl (C=O) groups excluding carboxylic acids is 1. The standard InChI is InChI=1S/C22H24N4O3/c1-16(2)29-21-10-8-17(9-11-21)22(27)25-13-19(14-25)26-12-18(23-24-26)15-28-20-6-4-3-5-7-20/h3-12,16,19H,13-15H2,1-2H3. The molecule has 2 aromatic carbocycles. The maximum absolute atomic E-state index is 12.6. The molecule has 1 amide bonds. The molecule has 2 heterocycles. The van der Waals surface area contributed by atoms with Crippen molar-refractivity contribution < 1.29 is 14.3 Å². The van der Waals surface area contributed by atoms with Crippen molar-refractivity contribution in [3.63, 3.8) is 0 Å². The third-order valence-electron chi connectivity index (χ3n) is 4.68. The predicted octanol–water partition coefficient (Wildman–Crippen LogP) is 3.34. The lowest BCUT2D eigenvalue weighted by Crippen LogP contribution is -2.50. The van der Waals surface area contributed by atoms with Gasteiger partial charge >= 0.3 is 0 Å². The van der Waals surface area contributed by atoms with Gasteiger partial charge in [-0.2, -0.15) is 0 Å². The lowest BCUT2D eigenvalue weighted by molar-refractivity contribution is 0.0498. The second-order valence-electron chi connectivity index (χ2n) is 7.35. The minimum absolute atomic E-state index is 0.0186. The molecule has 0 spiro atoms. The monoisotopic (exact) mass is 392 g/mol. The largest absolute Gasteiger partial charge is 0.491 e. The molecule has 0 atom stereocenters. The highest BCUT2D eigenvalue weighted by atomic mass is 16.5. The summed E-state index contributed by atoms with van der Waals surface area (Å²) in [6.07, 6.45) is 1.99. The molecule has 1 aliphatic heterocycles.